The Kier molecular flexibility index (Phi) is 3.92. The number of benzene rings is 1. The summed E-state index contributed by atoms with van der Waals surface area (Å²) < 4.78 is 5.43. The number of aromatic carboxylic acids is 1. The molecule has 0 radical (unpaired) electrons. The van der Waals surface area contributed by atoms with Gasteiger partial charge in [-0.3, -0.25) is 4.79 Å². The molecule has 2 aromatic rings. The van der Waals surface area contributed by atoms with Crippen molar-refractivity contribution < 1.29 is 19.1 Å². The summed E-state index contributed by atoms with van der Waals surface area (Å²) in [5.41, 5.74) is 0.376. The molecule has 1 heterocycles. The first-order chi connectivity index (χ1) is 8.99. The van der Waals surface area contributed by atoms with Crippen LogP contribution in [0.25, 0.3) is 0 Å². The highest BCUT2D eigenvalue weighted by Crippen LogP contribution is 2.30. The zero-order valence-electron chi connectivity index (χ0n) is 9.31. The highest BCUT2D eigenvalue weighted by molar-refractivity contribution is 9.10. The van der Waals surface area contributed by atoms with Crippen LogP contribution in [0.4, 0.5) is 5.69 Å². The molecule has 7 heteroatoms. The fraction of sp³-hybridized carbons (Fsp3) is 0. The van der Waals surface area contributed by atoms with E-state index in [0.717, 1.165) is 12.3 Å². The number of furan rings is 1. The lowest BCUT2D eigenvalue weighted by Crippen LogP contribution is -2.11. The van der Waals surface area contributed by atoms with Crippen LogP contribution in [0.1, 0.15) is 20.9 Å². The fourth-order valence-electron chi connectivity index (χ4n) is 1.35. The Labute approximate surface area is 121 Å². The van der Waals surface area contributed by atoms with Crippen LogP contribution in [0.2, 0.25) is 5.02 Å². The fourth-order valence-corrected chi connectivity index (χ4v) is 1.89. The first-order valence-corrected chi connectivity index (χ1v) is 6.23. The van der Waals surface area contributed by atoms with Gasteiger partial charge in [0.05, 0.1) is 20.7 Å². The minimum Gasteiger partial charge on any atom is -0.478 e. The average Bonchev–Trinajstić information content (AvgIpc) is 2.84. The molecule has 0 fully saturated rings. The molecular formula is C12H7BrClNO4. The van der Waals surface area contributed by atoms with Gasteiger partial charge in [0, 0.05) is 6.07 Å². The summed E-state index contributed by atoms with van der Waals surface area (Å²) in [4.78, 5) is 22.5. The molecule has 0 spiro atoms. The Bertz CT molecular complexity index is 653. The maximum absolute atomic E-state index is 11.9. The summed E-state index contributed by atoms with van der Waals surface area (Å²) in [6.45, 7) is 0. The molecule has 0 bridgehead atoms. The second-order valence-corrected chi connectivity index (χ2v) is 4.76. The topological polar surface area (TPSA) is 79.5 Å². The van der Waals surface area contributed by atoms with E-state index in [1.165, 1.54) is 0 Å². The van der Waals surface area contributed by atoms with Gasteiger partial charge in [-0.1, -0.05) is 17.7 Å². The summed E-state index contributed by atoms with van der Waals surface area (Å²) in [6, 6.07) is 6.13. The van der Waals surface area contributed by atoms with Gasteiger partial charge in [-0.15, -0.1) is 0 Å². The van der Waals surface area contributed by atoms with Crippen molar-refractivity contribution in [1.82, 2.24) is 0 Å². The number of rotatable bonds is 3. The van der Waals surface area contributed by atoms with Crippen molar-refractivity contribution >= 4 is 45.1 Å². The summed E-state index contributed by atoms with van der Waals surface area (Å²) >= 11 is 9.13. The molecule has 19 heavy (non-hydrogen) atoms. The monoisotopic (exact) mass is 343 g/mol. The van der Waals surface area contributed by atoms with Crippen LogP contribution in [0.15, 0.2) is 39.4 Å². The smallest absolute Gasteiger partial charge is 0.338 e. The molecule has 0 unspecified atom stereocenters. The van der Waals surface area contributed by atoms with Gasteiger partial charge in [-0.25, -0.2) is 4.79 Å². The van der Waals surface area contributed by atoms with E-state index in [1.807, 2.05) is 0 Å². The van der Waals surface area contributed by atoms with E-state index in [0.29, 0.717) is 15.2 Å². The van der Waals surface area contributed by atoms with E-state index in [2.05, 4.69) is 21.2 Å². The number of carboxylic acids is 1. The van der Waals surface area contributed by atoms with Crippen molar-refractivity contribution in [2.24, 2.45) is 0 Å². The van der Waals surface area contributed by atoms with Crippen molar-refractivity contribution in [3.8, 4) is 0 Å². The molecule has 0 saturated heterocycles. The van der Waals surface area contributed by atoms with Crippen LogP contribution < -0.4 is 5.32 Å². The van der Waals surface area contributed by atoms with Crippen molar-refractivity contribution in [3.05, 3.63) is 51.3 Å². The molecule has 1 amide bonds. The van der Waals surface area contributed by atoms with Gasteiger partial charge in [-0.05, 0) is 28.1 Å². The second-order valence-electron chi connectivity index (χ2n) is 3.56. The summed E-state index contributed by atoms with van der Waals surface area (Å²) in [5.74, 6) is -1.81. The van der Waals surface area contributed by atoms with Crippen LogP contribution in [0, 0.1) is 0 Å². The zero-order valence-corrected chi connectivity index (χ0v) is 11.7. The standard InChI is InChI=1S/C12H7BrClNO4/c13-10-7(14)2-1-3-8(10)15-11(16)9-4-6(5-19-9)12(17)18/h1-5H,(H,15,16)(H,17,18). The van der Waals surface area contributed by atoms with Crippen LogP contribution in [0.3, 0.4) is 0 Å². The Balaban J connectivity index is 2.21. The van der Waals surface area contributed by atoms with E-state index < -0.39 is 11.9 Å². The molecule has 1 aromatic heterocycles. The van der Waals surface area contributed by atoms with Crippen molar-refractivity contribution in [2.75, 3.05) is 5.32 Å². The number of hydrogen-bond donors (Lipinski definition) is 2. The highest BCUT2D eigenvalue weighted by atomic mass is 79.9. The minimum absolute atomic E-state index is 0.0877. The highest BCUT2D eigenvalue weighted by Gasteiger charge is 2.16. The summed E-state index contributed by atoms with van der Waals surface area (Å²) in [7, 11) is 0. The summed E-state index contributed by atoms with van der Waals surface area (Å²) in [6.07, 6.45) is 1.00. The predicted molar refractivity (Wildman–Crippen MR) is 72.8 cm³/mol. The third kappa shape index (κ3) is 2.97. The van der Waals surface area contributed by atoms with E-state index in [4.69, 9.17) is 21.1 Å². The largest absolute Gasteiger partial charge is 0.478 e. The molecule has 1 aromatic carbocycles. The lowest BCUT2D eigenvalue weighted by molar-refractivity contribution is 0.0696. The number of hydrogen-bond acceptors (Lipinski definition) is 3. The van der Waals surface area contributed by atoms with Gasteiger partial charge in [0.25, 0.3) is 5.91 Å². The first kappa shape index (κ1) is 13.6. The van der Waals surface area contributed by atoms with Gasteiger partial charge < -0.3 is 14.8 Å². The van der Waals surface area contributed by atoms with E-state index >= 15 is 0 Å². The number of carbonyl (C=O) groups excluding carboxylic acids is 1. The lowest BCUT2D eigenvalue weighted by atomic mass is 10.3. The van der Waals surface area contributed by atoms with Crippen LogP contribution in [-0.2, 0) is 0 Å². The second kappa shape index (κ2) is 5.46. The number of halogens is 2. The molecule has 0 aliphatic heterocycles. The number of anilines is 1. The molecule has 0 atom stereocenters. The Hall–Kier alpha value is -1.79. The van der Waals surface area contributed by atoms with Crippen molar-refractivity contribution in [2.45, 2.75) is 0 Å². The minimum atomic E-state index is -1.16. The maximum atomic E-state index is 11.9. The number of amides is 1. The molecule has 0 saturated carbocycles. The molecule has 2 N–H and O–H groups in total. The summed E-state index contributed by atoms with van der Waals surface area (Å²) in [5, 5.41) is 11.7. The van der Waals surface area contributed by atoms with Gasteiger partial charge in [0.15, 0.2) is 5.76 Å². The normalized spacial score (nSPS) is 10.2. The van der Waals surface area contributed by atoms with Gasteiger partial charge in [-0.2, -0.15) is 0 Å². The zero-order chi connectivity index (χ0) is 14.0. The van der Waals surface area contributed by atoms with Crippen LogP contribution >= 0.6 is 27.5 Å². The molecule has 98 valence electrons. The van der Waals surface area contributed by atoms with E-state index in [9.17, 15) is 9.59 Å². The third-order valence-corrected chi connectivity index (χ3v) is 3.67. The first-order valence-electron chi connectivity index (χ1n) is 5.06. The molecule has 2 rings (SSSR count). The van der Waals surface area contributed by atoms with Gasteiger partial charge in [0.2, 0.25) is 0 Å². The third-order valence-electron chi connectivity index (χ3n) is 2.27. The number of carbonyl (C=O) groups is 2. The van der Waals surface area contributed by atoms with Crippen LogP contribution in [0.5, 0.6) is 0 Å². The van der Waals surface area contributed by atoms with Crippen molar-refractivity contribution in [1.29, 1.82) is 0 Å². The Morgan fingerprint density at radius 1 is 1.37 bits per heavy atom. The SMILES string of the molecule is O=C(O)c1coc(C(=O)Nc2cccc(Cl)c2Br)c1. The number of carboxylic acid groups (broad SMARTS) is 1. The van der Waals surface area contributed by atoms with Crippen molar-refractivity contribution in [3.63, 3.8) is 0 Å². The molecule has 5 nitrogen and oxygen atoms in total. The van der Waals surface area contributed by atoms with Crippen LogP contribution in [-0.4, -0.2) is 17.0 Å². The molecular weight excluding hydrogens is 337 g/mol. The van der Waals surface area contributed by atoms with E-state index in [-0.39, 0.29) is 11.3 Å². The Morgan fingerprint density at radius 3 is 2.74 bits per heavy atom. The van der Waals surface area contributed by atoms with E-state index in [1.54, 1.807) is 18.2 Å². The molecule has 0 aliphatic carbocycles. The average molecular weight is 345 g/mol. The Morgan fingerprint density at radius 2 is 2.11 bits per heavy atom. The lowest BCUT2D eigenvalue weighted by Gasteiger charge is -2.06. The van der Waals surface area contributed by atoms with Gasteiger partial charge >= 0.3 is 5.97 Å². The number of nitrogens with one attached hydrogen (secondary N) is 1. The quantitative estimate of drug-likeness (QED) is 0.891. The van der Waals surface area contributed by atoms with Gasteiger partial charge in [0.1, 0.15) is 6.26 Å². The molecule has 0 aliphatic rings. The maximum Gasteiger partial charge on any atom is 0.338 e. The predicted octanol–water partition coefficient (Wildman–Crippen LogP) is 3.65.